The Bertz CT molecular complexity index is 1060. The summed E-state index contributed by atoms with van der Waals surface area (Å²) in [5.74, 6) is -0.833. The molecule has 2 aromatic carbocycles. The van der Waals surface area contributed by atoms with Gasteiger partial charge in [0.1, 0.15) is 5.58 Å². The molecule has 3 aromatic rings. The number of hydrogen-bond acceptors (Lipinski definition) is 5. The minimum atomic E-state index is -0.897. The van der Waals surface area contributed by atoms with Crippen molar-refractivity contribution in [1.29, 1.82) is 0 Å². The molecular formula is C23H24N2O4. The largest absolute Gasteiger partial charge is 0.480 e. The van der Waals surface area contributed by atoms with Crippen LogP contribution in [0.15, 0.2) is 53.1 Å². The number of rotatable bonds is 7. The summed E-state index contributed by atoms with van der Waals surface area (Å²) in [5.41, 5.74) is 10.4. The van der Waals surface area contributed by atoms with E-state index >= 15 is 0 Å². The second-order valence-corrected chi connectivity index (χ2v) is 7.55. The molecular weight excluding hydrogens is 368 g/mol. The smallest absolute Gasteiger partial charge is 0.317 e. The van der Waals surface area contributed by atoms with E-state index in [0.29, 0.717) is 19.5 Å². The van der Waals surface area contributed by atoms with Crippen molar-refractivity contribution < 1.29 is 19.1 Å². The zero-order chi connectivity index (χ0) is 20.4. The van der Waals surface area contributed by atoms with Crippen LogP contribution >= 0.6 is 0 Å². The number of furan rings is 1. The predicted molar refractivity (Wildman–Crippen MR) is 110 cm³/mol. The number of carbonyl (C=O) groups is 2. The lowest BCUT2D eigenvalue weighted by molar-refractivity contribution is -0.139. The molecule has 1 aliphatic heterocycles. The maximum atomic E-state index is 13.0. The number of nitrogens with zero attached hydrogens (tertiary/aromatic N) is 1. The molecule has 0 spiro atoms. The Kier molecular flexibility index (Phi) is 5.47. The van der Waals surface area contributed by atoms with E-state index in [1.165, 1.54) is 0 Å². The summed E-state index contributed by atoms with van der Waals surface area (Å²) in [7, 11) is 0. The Morgan fingerprint density at radius 3 is 2.83 bits per heavy atom. The molecule has 1 fully saturated rings. The zero-order valence-corrected chi connectivity index (χ0v) is 16.1. The average Bonchev–Trinajstić information content (AvgIpc) is 3.36. The molecule has 0 saturated carbocycles. The van der Waals surface area contributed by atoms with Gasteiger partial charge in [-0.05, 0) is 60.3 Å². The Labute approximate surface area is 168 Å². The van der Waals surface area contributed by atoms with Crippen LogP contribution in [-0.2, 0) is 22.6 Å². The second-order valence-electron chi connectivity index (χ2n) is 7.55. The number of ketones is 1. The van der Waals surface area contributed by atoms with E-state index in [1.54, 1.807) is 11.2 Å². The molecule has 0 aliphatic carbocycles. The van der Waals surface area contributed by atoms with Crippen molar-refractivity contribution in [3.63, 3.8) is 0 Å². The lowest BCUT2D eigenvalue weighted by Crippen LogP contribution is -2.40. The van der Waals surface area contributed by atoms with E-state index in [-0.39, 0.29) is 24.8 Å². The van der Waals surface area contributed by atoms with E-state index in [1.807, 2.05) is 42.5 Å². The summed E-state index contributed by atoms with van der Waals surface area (Å²) in [6.45, 7) is 1.02. The molecule has 29 heavy (non-hydrogen) atoms. The number of carbonyl (C=O) groups excluding carboxylic acids is 1. The molecule has 6 heteroatoms. The van der Waals surface area contributed by atoms with Crippen molar-refractivity contribution in [1.82, 2.24) is 4.90 Å². The Hall–Kier alpha value is -2.96. The van der Waals surface area contributed by atoms with E-state index in [0.717, 1.165) is 39.6 Å². The summed E-state index contributed by atoms with van der Waals surface area (Å²) < 4.78 is 5.71. The van der Waals surface area contributed by atoms with E-state index < -0.39 is 5.97 Å². The van der Waals surface area contributed by atoms with Gasteiger partial charge in [0.15, 0.2) is 5.78 Å². The molecule has 150 valence electrons. The third-order valence-electron chi connectivity index (χ3n) is 5.54. The number of Topliss-reactive ketones (excluding diaryl/α,β-unsaturated/α-hetero) is 1. The molecule has 1 aromatic heterocycles. The number of hydrogen-bond donors (Lipinski definition) is 2. The van der Waals surface area contributed by atoms with Gasteiger partial charge in [0.05, 0.1) is 18.8 Å². The van der Waals surface area contributed by atoms with Crippen LogP contribution in [0.5, 0.6) is 0 Å². The first-order valence-electron chi connectivity index (χ1n) is 9.83. The van der Waals surface area contributed by atoms with Gasteiger partial charge in [-0.3, -0.25) is 14.5 Å². The van der Waals surface area contributed by atoms with Crippen LogP contribution in [0, 0.1) is 0 Å². The van der Waals surface area contributed by atoms with Crippen LogP contribution in [0.2, 0.25) is 0 Å². The minimum absolute atomic E-state index is 0.0632. The van der Waals surface area contributed by atoms with Gasteiger partial charge in [0.2, 0.25) is 0 Å². The molecule has 3 N–H and O–H groups in total. The highest BCUT2D eigenvalue weighted by atomic mass is 16.4. The number of carboxylic acid groups (broad SMARTS) is 1. The predicted octanol–water partition coefficient (Wildman–Crippen LogP) is 3.22. The van der Waals surface area contributed by atoms with E-state index in [4.69, 9.17) is 15.3 Å². The number of nitrogens with two attached hydrogens (primary N) is 1. The standard InChI is InChI=1S/C23H24N2O4/c24-13-15-3-1-4-17(9-15)19-11-16(10-18-6-8-29-23(18)19)12-21(26)20-5-2-7-25(20)14-22(27)28/h1,3-4,6,8-11,20H,2,5,7,12-14,24H2,(H,27,28)/t20-/m1/s1. The normalized spacial score (nSPS) is 17.1. The summed E-state index contributed by atoms with van der Waals surface area (Å²) >= 11 is 0. The third-order valence-corrected chi connectivity index (χ3v) is 5.54. The van der Waals surface area contributed by atoms with Gasteiger partial charge < -0.3 is 15.3 Å². The van der Waals surface area contributed by atoms with E-state index in [2.05, 4.69) is 0 Å². The Morgan fingerprint density at radius 1 is 1.17 bits per heavy atom. The Balaban J connectivity index is 1.64. The van der Waals surface area contributed by atoms with Crippen molar-refractivity contribution >= 4 is 22.7 Å². The number of benzene rings is 2. The molecule has 1 aliphatic rings. The number of aliphatic carboxylic acids is 1. The van der Waals surface area contributed by atoms with Crippen LogP contribution in [0.4, 0.5) is 0 Å². The van der Waals surface area contributed by atoms with Gasteiger partial charge in [-0.2, -0.15) is 0 Å². The third kappa shape index (κ3) is 4.09. The van der Waals surface area contributed by atoms with Gasteiger partial charge in [0, 0.05) is 23.9 Å². The molecule has 0 bridgehead atoms. The monoisotopic (exact) mass is 392 g/mol. The maximum absolute atomic E-state index is 13.0. The van der Waals surface area contributed by atoms with Crippen LogP contribution in [-0.4, -0.2) is 40.9 Å². The van der Waals surface area contributed by atoms with Crippen LogP contribution < -0.4 is 5.73 Å². The quantitative estimate of drug-likeness (QED) is 0.641. The van der Waals surface area contributed by atoms with Crippen LogP contribution in [0.25, 0.3) is 22.1 Å². The van der Waals surface area contributed by atoms with Crippen LogP contribution in [0.1, 0.15) is 24.0 Å². The SMILES string of the molecule is NCc1cccc(-c2cc(CC(=O)[C@H]3CCCN3CC(=O)O)cc3ccoc23)c1. The Morgan fingerprint density at radius 2 is 2.03 bits per heavy atom. The fourth-order valence-electron chi connectivity index (χ4n) is 4.20. The van der Waals surface area contributed by atoms with Gasteiger partial charge in [-0.25, -0.2) is 0 Å². The molecule has 0 amide bonds. The first kappa shape index (κ1) is 19.4. The number of likely N-dealkylation sites (tertiary alicyclic amines) is 1. The molecule has 4 rings (SSSR count). The van der Waals surface area contributed by atoms with Crippen LogP contribution in [0.3, 0.4) is 0 Å². The first-order valence-corrected chi connectivity index (χ1v) is 9.83. The summed E-state index contributed by atoms with van der Waals surface area (Å²) in [6.07, 6.45) is 3.48. The van der Waals surface area contributed by atoms with E-state index in [9.17, 15) is 9.59 Å². The van der Waals surface area contributed by atoms with Gasteiger partial charge >= 0.3 is 5.97 Å². The highest BCUT2D eigenvalue weighted by Gasteiger charge is 2.31. The van der Waals surface area contributed by atoms with Crippen molar-refractivity contribution in [2.24, 2.45) is 5.73 Å². The topological polar surface area (TPSA) is 96.8 Å². The fraction of sp³-hybridized carbons (Fsp3) is 0.304. The molecule has 6 nitrogen and oxygen atoms in total. The number of carboxylic acids is 1. The average molecular weight is 392 g/mol. The lowest BCUT2D eigenvalue weighted by atomic mass is 9.95. The molecule has 1 saturated heterocycles. The van der Waals surface area contributed by atoms with Gasteiger partial charge in [-0.1, -0.05) is 18.2 Å². The first-order chi connectivity index (χ1) is 14.0. The molecule has 0 unspecified atom stereocenters. The minimum Gasteiger partial charge on any atom is -0.480 e. The van der Waals surface area contributed by atoms with Crippen molar-refractivity contribution in [2.75, 3.05) is 13.1 Å². The molecule has 0 radical (unpaired) electrons. The van der Waals surface area contributed by atoms with Crippen molar-refractivity contribution in [3.05, 3.63) is 59.9 Å². The second kappa shape index (κ2) is 8.19. The van der Waals surface area contributed by atoms with Gasteiger partial charge in [0.25, 0.3) is 0 Å². The summed E-state index contributed by atoms with van der Waals surface area (Å²) in [5, 5.41) is 10.0. The fourth-order valence-corrected chi connectivity index (χ4v) is 4.20. The lowest BCUT2D eigenvalue weighted by Gasteiger charge is -2.21. The highest BCUT2D eigenvalue weighted by Crippen LogP contribution is 2.32. The number of fused-ring (bicyclic) bond motifs is 1. The molecule has 2 heterocycles. The highest BCUT2D eigenvalue weighted by molar-refractivity contribution is 5.95. The van der Waals surface area contributed by atoms with Crippen molar-refractivity contribution in [2.45, 2.75) is 31.8 Å². The summed E-state index contributed by atoms with van der Waals surface area (Å²) in [6, 6.07) is 13.5. The summed E-state index contributed by atoms with van der Waals surface area (Å²) in [4.78, 5) is 25.8. The molecule has 1 atom stereocenters. The maximum Gasteiger partial charge on any atom is 0.317 e. The zero-order valence-electron chi connectivity index (χ0n) is 16.1. The van der Waals surface area contributed by atoms with Crippen molar-refractivity contribution in [3.8, 4) is 11.1 Å². The van der Waals surface area contributed by atoms with Gasteiger partial charge in [-0.15, -0.1) is 0 Å².